The zero-order valence-corrected chi connectivity index (χ0v) is 9.06. The highest BCUT2D eigenvalue weighted by Crippen LogP contribution is 2.04. The quantitative estimate of drug-likeness (QED) is 0.592. The summed E-state index contributed by atoms with van der Waals surface area (Å²) in [5.41, 5.74) is 0. The maximum Gasteiger partial charge on any atom is 0.396 e. The smallest absolute Gasteiger partial charge is 0.206 e. The Labute approximate surface area is 80.2 Å². The molecule has 4 nitrogen and oxygen atoms in total. The first-order chi connectivity index (χ1) is 6.16. The van der Waals surface area contributed by atoms with Gasteiger partial charge in [-0.3, -0.25) is 0 Å². The molecule has 1 unspecified atom stereocenters. The van der Waals surface area contributed by atoms with Crippen LogP contribution in [0.25, 0.3) is 0 Å². The van der Waals surface area contributed by atoms with Gasteiger partial charge in [0.05, 0.1) is 7.05 Å². The molecule has 0 aromatic heterocycles. The van der Waals surface area contributed by atoms with E-state index in [2.05, 4.69) is 35.6 Å². The zero-order valence-electron chi connectivity index (χ0n) is 9.06. The lowest BCUT2D eigenvalue weighted by Gasteiger charge is -2.16. The van der Waals surface area contributed by atoms with E-state index >= 15 is 0 Å². The summed E-state index contributed by atoms with van der Waals surface area (Å²) < 4.78 is 4.10. The van der Waals surface area contributed by atoms with Crippen molar-refractivity contribution in [3.8, 4) is 0 Å². The van der Waals surface area contributed by atoms with Gasteiger partial charge in [0.15, 0.2) is 7.05 Å². The number of rotatable bonds is 4. The van der Waals surface area contributed by atoms with Crippen molar-refractivity contribution in [2.75, 3.05) is 27.7 Å². The van der Waals surface area contributed by atoms with Gasteiger partial charge in [0.1, 0.15) is 0 Å². The molecule has 0 saturated carbocycles. The van der Waals surface area contributed by atoms with Crippen LogP contribution in [0.2, 0.25) is 0 Å². The van der Waals surface area contributed by atoms with Crippen molar-refractivity contribution in [3.63, 3.8) is 0 Å². The fourth-order valence-electron chi connectivity index (χ4n) is 1.66. The van der Waals surface area contributed by atoms with E-state index in [0.717, 1.165) is 6.54 Å². The lowest BCUT2D eigenvalue weighted by atomic mass is 10.3. The molecule has 13 heavy (non-hydrogen) atoms. The predicted molar refractivity (Wildman–Crippen MR) is 52.2 cm³/mol. The molecule has 1 rings (SSSR count). The fraction of sp³-hybridized carbons (Fsp3) is 0.889. The Hall–Kier alpha value is -0.770. The van der Waals surface area contributed by atoms with E-state index in [1.165, 1.54) is 12.8 Å². The Bertz CT molecular complexity index is 214. The molecule has 1 aliphatic heterocycles. The molecule has 4 heteroatoms. The highest BCUT2D eigenvalue weighted by atomic mass is 15.5. The summed E-state index contributed by atoms with van der Waals surface area (Å²) in [6.07, 6.45) is 4.65. The lowest BCUT2D eigenvalue weighted by molar-refractivity contribution is -0.784. The van der Waals surface area contributed by atoms with Crippen LogP contribution in [0.5, 0.6) is 0 Å². The first-order valence-corrected chi connectivity index (χ1v) is 4.86. The third-order valence-electron chi connectivity index (χ3n) is 2.37. The van der Waals surface area contributed by atoms with Gasteiger partial charge in [-0.1, -0.05) is 13.3 Å². The maximum atomic E-state index is 4.22. The van der Waals surface area contributed by atoms with E-state index in [1.54, 1.807) is 0 Å². The minimum Gasteiger partial charge on any atom is -0.206 e. The first kappa shape index (κ1) is 10.3. The summed E-state index contributed by atoms with van der Waals surface area (Å²) in [7, 11) is 6.20. The standard InChI is InChI=1S/C9H20N4/c1-5-6-7-11(2)9-12(3)8-10-13(9)4/h8-9H,5-7H2,1-4H3/q+2. The largest absolute Gasteiger partial charge is 0.396 e. The number of hydrogen-bond acceptors (Lipinski definition) is 2. The Morgan fingerprint density at radius 3 is 2.62 bits per heavy atom. The van der Waals surface area contributed by atoms with Crippen molar-refractivity contribution in [2.24, 2.45) is 5.11 Å². The molecule has 1 atom stereocenters. The molecule has 0 N–H and O–H groups in total. The number of hydrogen-bond donors (Lipinski definition) is 0. The van der Waals surface area contributed by atoms with E-state index in [4.69, 9.17) is 0 Å². The summed E-state index contributed by atoms with van der Waals surface area (Å²) in [6.45, 7) is 3.34. The maximum absolute atomic E-state index is 4.22. The Morgan fingerprint density at radius 1 is 1.46 bits per heavy atom. The van der Waals surface area contributed by atoms with E-state index in [9.17, 15) is 0 Å². The number of unbranched alkanes of at least 4 members (excludes halogenated alkanes) is 1. The number of azo groups is 2. The van der Waals surface area contributed by atoms with Crippen LogP contribution in [0, 0.1) is 0 Å². The topological polar surface area (TPSA) is 21.6 Å². The average molecular weight is 184 g/mol. The van der Waals surface area contributed by atoms with Crippen LogP contribution in [0.1, 0.15) is 19.8 Å². The molecule has 0 bridgehead atoms. The predicted octanol–water partition coefficient (Wildman–Crippen LogP) is 0.781. The fourth-order valence-corrected chi connectivity index (χ4v) is 1.66. The van der Waals surface area contributed by atoms with E-state index in [1.807, 2.05) is 18.1 Å². The van der Waals surface area contributed by atoms with Crippen molar-refractivity contribution in [2.45, 2.75) is 26.1 Å². The van der Waals surface area contributed by atoms with Crippen LogP contribution in [-0.2, 0) is 0 Å². The molecule has 0 aromatic rings. The third kappa shape index (κ3) is 2.34. The van der Waals surface area contributed by atoms with Crippen molar-refractivity contribution in [3.05, 3.63) is 0 Å². The zero-order chi connectivity index (χ0) is 9.84. The minimum absolute atomic E-state index is 0.298. The average Bonchev–Trinajstić information content (AvgIpc) is 2.42. The van der Waals surface area contributed by atoms with E-state index < -0.39 is 0 Å². The van der Waals surface area contributed by atoms with Gasteiger partial charge in [0, 0.05) is 11.2 Å². The summed E-state index contributed by atoms with van der Waals surface area (Å²) in [6, 6.07) is 0. The van der Waals surface area contributed by atoms with Crippen LogP contribution in [0.4, 0.5) is 0 Å². The normalized spacial score (nSPS) is 22.1. The molecule has 0 fully saturated rings. The molecule has 1 heterocycles. The SMILES string of the molecule is CCCCN(C)C1[N+](C)=CN=[N+]1C. The van der Waals surface area contributed by atoms with Crippen molar-refractivity contribution >= 4 is 6.34 Å². The summed E-state index contributed by atoms with van der Waals surface area (Å²) >= 11 is 0. The Morgan fingerprint density at radius 2 is 2.15 bits per heavy atom. The van der Waals surface area contributed by atoms with Crippen LogP contribution < -0.4 is 0 Å². The van der Waals surface area contributed by atoms with E-state index in [0.29, 0.717) is 6.29 Å². The highest BCUT2D eigenvalue weighted by Gasteiger charge is 2.36. The van der Waals surface area contributed by atoms with Gasteiger partial charge < -0.3 is 0 Å². The van der Waals surface area contributed by atoms with Crippen molar-refractivity contribution in [1.82, 2.24) is 4.90 Å². The van der Waals surface area contributed by atoms with Crippen LogP contribution >= 0.6 is 0 Å². The third-order valence-corrected chi connectivity index (χ3v) is 2.37. The Balaban J connectivity index is 2.51. The summed E-state index contributed by atoms with van der Waals surface area (Å²) in [5, 5.41) is 4.22. The highest BCUT2D eigenvalue weighted by molar-refractivity contribution is 5.47. The molecule has 0 aliphatic carbocycles. The van der Waals surface area contributed by atoms with E-state index in [-0.39, 0.29) is 0 Å². The molecular formula is C9H20N4+2. The van der Waals surface area contributed by atoms with Gasteiger partial charge in [-0.05, 0) is 13.5 Å². The second kappa shape index (κ2) is 4.46. The van der Waals surface area contributed by atoms with Crippen LogP contribution in [0.3, 0.4) is 0 Å². The summed E-state index contributed by atoms with van der Waals surface area (Å²) in [5.74, 6) is 0. The minimum atomic E-state index is 0.298. The van der Waals surface area contributed by atoms with Gasteiger partial charge in [-0.2, -0.15) is 4.58 Å². The molecular weight excluding hydrogens is 164 g/mol. The first-order valence-electron chi connectivity index (χ1n) is 4.86. The van der Waals surface area contributed by atoms with Crippen molar-refractivity contribution < 1.29 is 9.27 Å². The van der Waals surface area contributed by atoms with Crippen LogP contribution in [-0.4, -0.2) is 54.5 Å². The Kier molecular flexibility index (Phi) is 3.54. The molecule has 0 saturated heterocycles. The van der Waals surface area contributed by atoms with Gasteiger partial charge in [0.25, 0.3) is 0 Å². The molecule has 74 valence electrons. The molecule has 0 spiro atoms. The van der Waals surface area contributed by atoms with Gasteiger partial charge >= 0.3 is 12.6 Å². The van der Waals surface area contributed by atoms with Gasteiger partial charge in [-0.15, -0.1) is 0 Å². The molecule has 1 aliphatic rings. The molecule has 0 radical (unpaired) electrons. The van der Waals surface area contributed by atoms with Gasteiger partial charge in [0.2, 0.25) is 5.11 Å². The van der Waals surface area contributed by atoms with Crippen LogP contribution in [0.15, 0.2) is 5.11 Å². The molecule has 0 amide bonds. The molecule has 0 aromatic carbocycles. The lowest BCUT2D eigenvalue weighted by Crippen LogP contribution is -2.44. The number of nitrogens with zero attached hydrogens (tertiary/aromatic N) is 4. The monoisotopic (exact) mass is 184 g/mol. The van der Waals surface area contributed by atoms with Crippen molar-refractivity contribution in [1.29, 1.82) is 0 Å². The second-order valence-corrected chi connectivity index (χ2v) is 3.65. The van der Waals surface area contributed by atoms with Gasteiger partial charge in [-0.25, -0.2) is 4.90 Å². The second-order valence-electron chi connectivity index (χ2n) is 3.65. The summed E-state index contributed by atoms with van der Waals surface area (Å²) in [4.78, 5) is 2.32.